The number of rotatable bonds is 7. The number of carbonyl (C=O) groups excluding carboxylic acids is 1. The molecule has 1 aromatic heterocycles. The molecule has 0 aliphatic carbocycles. The predicted molar refractivity (Wildman–Crippen MR) is 69.6 cm³/mol. The van der Waals surface area contributed by atoms with Crippen molar-refractivity contribution in [3.05, 3.63) is 32.3 Å². The highest BCUT2D eigenvalue weighted by molar-refractivity contribution is 8.02. The molecule has 0 saturated heterocycles. The summed E-state index contributed by atoms with van der Waals surface area (Å²) in [5.41, 5.74) is -1.21. The van der Waals surface area contributed by atoms with Gasteiger partial charge >= 0.3 is 5.69 Å². The monoisotopic (exact) mass is 269 g/mol. The molecule has 0 aliphatic heterocycles. The maximum atomic E-state index is 11.4. The number of nitrogens with one attached hydrogen (secondary N) is 2. The summed E-state index contributed by atoms with van der Waals surface area (Å²) in [5.74, 6) is 0.0248. The fraction of sp³-hybridized carbons (Fsp3) is 0.455. The molecule has 2 N–H and O–H groups in total. The highest BCUT2D eigenvalue weighted by Crippen LogP contribution is 2.10. The Morgan fingerprint density at radius 2 is 2.17 bits per heavy atom. The predicted octanol–water partition coefficient (Wildman–Crippen LogP) is 1.21. The van der Waals surface area contributed by atoms with Gasteiger partial charge in [-0.1, -0.05) is 31.5 Å². The van der Waals surface area contributed by atoms with Crippen molar-refractivity contribution in [1.29, 1.82) is 0 Å². The maximum absolute atomic E-state index is 11.4. The van der Waals surface area contributed by atoms with Crippen LogP contribution in [0.2, 0.25) is 0 Å². The Morgan fingerprint density at radius 1 is 1.39 bits per heavy atom. The van der Waals surface area contributed by atoms with Gasteiger partial charge < -0.3 is 0 Å². The minimum atomic E-state index is -0.649. The molecule has 0 aliphatic rings. The van der Waals surface area contributed by atoms with Gasteiger partial charge in [0.1, 0.15) is 0 Å². The van der Waals surface area contributed by atoms with Crippen LogP contribution in [0.25, 0.3) is 0 Å². The number of aromatic amines is 2. The summed E-state index contributed by atoms with van der Waals surface area (Å²) in [7, 11) is 0. The molecule has 7 heteroatoms. The van der Waals surface area contributed by atoms with Crippen molar-refractivity contribution in [2.45, 2.75) is 37.6 Å². The number of thioether (sulfide) groups is 1. The number of ketones is 1. The molecular weight excluding hydrogens is 254 g/mol. The molecule has 0 atom stereocenters. The Balaban J connectivity index is 2.47. The highest BCUT2D eigenvalue weighted by Gasteiger charge is 2.01. The molecule has 0 amide bonds. The second-order valence-corrected chi connectivity index (χ2v) is 4.55. The van der Waals surface area contributed by atoms with Crippen LogP contribution in [0.15, 0.2) is 26.1 Å². The van der Waals surface area contributed by atoms with Gasteiger partial charge in [-0.25, -0.2) is 9.89 Å². The van der Waals surface area contributed by atoms with Crippen LogP contribution < -0.4 is 11.2 Å². The van der Waals surface area contributed by atoms with Crippen molar-refractivity contribution < 1.29 is 4.79 Å². The molecule has 1 aromatic rings. The molecule has 0 spiro atoms. The van der Waals surface area contributed by atoms with Crippen LogP contribution in [-0.4, -0.2) is 21.0 Å². The Hall–Kier alpha value is -1.63. The maximum Gasteiger partial charge on any atom is 0.342 e. The first-order valence-electron chi connectivity index (χ1n) is 5.68. The van der Waals surface area contributed by atoms with Gasteiger partial charge in [-0.15, -0.1) is 0 Å². The van der Waals surface area contributed by atoms with E-state index in [1.165, 1.54) is 11.5 Å². The number of H-pyrrole nitrogens is 2. The van der Waals surface area contributed by atoms with E-state index in [9.17, 15) is 14.4 Å². The van der Waals surface area contributed by atoms with E-state index in [-0.39, 0.29) is 10.8 Å². The molecule has 1 heterocycles. The zero-order chi connectivity index (χ0) is 13.4. The molecule has 18 heavy (non-hydrogen) atoms. The third-order valence-corrected chi connectivity index (χ3v) is 2.91. The molecule has 0 aromatic carbocycles. The Kier molecular flexibility index (Phi) is 6.13. The summed E-state index contributed by atoms with van der Waals surface area (Å²) in [4.78, 5) is 35.4. The van der Waals surface area contributed by atoms with Crippen molar-refractivity contribution in [2.24, 2.45) is 0 Å². The summed E-state index contributed by atoms with van der Waals surface area (Å²) >= 11 is 0.997. The average Bonchev–Trinajstić information content (AvgIpc) is 2.32. The quantitative estimate of drug-likeness (QED) is 0.440. The van der Waals surface area contributed by atoms with Crippen LogP contribution in [0.1, 0.15) is 32.6 Å². The first kappa shape index (κ1) is 14.4. The number of hydrogen-bond acceptors (Lipinski definition) is 5. The van der Waals surface area contributed by atoms with Gasteiger partial charge in [0.05, 0.1) is 0 Å². The average molecular weight is 269 g/mol. The molecule has 98 valence electrons. The normalized spacial score (nSPS) is 10.9. The lowest BCUT2D eigenvalue weighted by Gasteiger charge is -1.94. The van der Waals surface area contributed by atoms with Crippen LogP contribution in [0, 0.1) is 0 Å². The van der Waals surface area contributed by atoms with E-state index in [0.29, 0.717) is 6.42 Å². The van der Waals surface area contributed by atoms with Gasteiger partial charge in [0.2, 0.25) is 0 Å². The molecule has 0 radical (unpaired) electrons. The molecule has 0 unspecified atom stereocenters. The Labute approximate surface area is 108 Å². The van der Waals surface area contributed by atoms with Crippen LogP contribution in [0.4, 0.5) is 0 Å². The highest BCUT2D eigenvalue weighted by atomic mass is 32.2. The lowest BCUT2D eigenvalue weighted by atomic mass is 10.1. The van der Waals surface area contributed by atoms with E-state index < -0.39 is 11.2 Å². The van der Waals surface area contributed by atoms with Gasteiger partial charge in [-0.05, 0) is 17.9 Å². The topological polar surface area (TPSA) is 95.7 Å². The summed E-state index contributed by atoms with van der Waals surface area (Å²) in [6.07, 6.45) is 4.92. The van der Waals surface area contributed by atoms with E-state index in [1.54, 1.807) is 0 Å². The molecule has 0 fully saturated rings. The van der Waals surface area contributed by atoms with E-state index in [1.807, 2.05) is 4.98 Å². The van der Waals surface area contributed by atoms with Gasteiger partial charge in [-0.3, -0.25) is 14.6 Å². The standard InChI is InChI=1S/C11H15N3O3S/c1-2-3-4-5-8(15)6-7-18-10-9(16)12-11(17)14-13-10/h6-7H,2-5H2,1H3,(H2,12,14,16,17)/b7-6+. The zero-order valence-electron chi connectivity index (χ0n) is 10.1. The Morgan fingerprint density at radius 3 is 2.83 bits per heavy atom. The van der Waals surface area contributed by atoms with Crippen molar-refractivity contribution in [3.8, 4) is 0 Å². The largest absolute Gasteiger partial charge is 0.342 e. The number of nitrogens with zero attached hydrogens (tertiary/aromatic N) is 1. The molecule has 0 saturated carbocycles. The third-order valence-electron chi connectivity index (χ3n) is 2.14. The van der Waals surface area contributed by atoms with E-state index in [0.717, 1.165) is 31.0 Å². The minimum absolute atomic E-state index is 0.0248. The van der Waals surface area contributed by atoms with Crippen molar-refractivity contribution in [3.63, 3.8) is 0 Å². The summed E-state index contributed by atoms with van der Waals surface area (Å²) in [5, 5.41) is 7.30. The zero-order valence-corrected chi connectivity index (χ0v) is 10.9. The van der Waals surface area contributed by atoms with Crippen LogP contribution in [0.3, 0.4) is 0 Å². The van der Waals surface area contributed by atoms with Crippen molar-refractivity contribution in [2.75, 3.05) is 0 Å². The van der Waals surface area contributed by atoms with E-state index in [4.69, 9.17) is 0 Å². The summed E-state index contributed by atoms with van der Waals surface area (Å²) in [6, 6.07) is 0. The molecule has 0 bridgehead atoms. The van der Waals surface area contributed by atoms with E-state index in [2.05, 4.69) is 17.1 Å². The van der Waals surface area contributed by atoms with E-state index >= 15 is 0 Å². The molecular formula is C11H15N3O3S. The summed E-state index contributed by atoms with van der Waals surface area (Å²) in [6.45, 7) is 2.07. The van der Waals surface area contributed by atoms with Gasteiger partial charge in [-0.2, -0.15) is 5.10 Å². The van der Waals surface area contributed by atoms with Gasteiger partial charge in [0.25, 0.3) is 5.56 Å². The lowest BCUT2D eigenvalue weighted by Crippen LogP contribution is -2.24. The first-order chi connectivity index (χ1) is 8.63. The second kappa shape index (κ2) is 7.65. The SMILES string of the molecule is CCCCCC(=O)/C=C/Sc1n[nH]c(=O)[nH]c1=O. The summed E-state index contributed by atoms with van der Waals surface area (Å²) < 4.78 is 0. The third kappa shape index (κ3) is 5.13. The van der Waals surface area contributed by atoms with Crippen molar-refractivity contribution >= 4 is 17.5 Å². The molecule has 6 nitrogen and oxygen atoms in total. The van der Waals surface area contributed by atoms with Crippen molar-refractivity contribution in [1.82, 2.24) is 15.2 Å². The number of carbonyl (C=O) groups is 1. The lowest BCUT2D eigenvalue weighted by molar-refractivity contribution is -0.114. The number of hydrogen-bond donors (Lipinski definition) is 2. The smallest absolute Gasteiger partial charge is 0.295 e. The van der Waals surface area contributed by atoms with Gasteiger partial charge in [0, 0.05) is 6.42 Å². The second-order valence-electron chi connectivity index (χ2n) is 3.66. The van der Waals surface area contributed by atoms with Crippen LogP contribution in [-0.2, 0) is 4.79 Å². The minimum Gasteiger partial charge on any atom is -0.295 e. The molecule has 1 rings (SSSR count). The first-order valence-corrected chi connectivity index (χ1v) is 6.56. The fourth-order valence-electron chi connectivity index (χ4n) is 1.22. The van der Waals surface area contributed by atoms with Crippen LogP contribution >= 0.6 is 11.8 Å². The number of aromatic nitrogens is 3. The van der Waals surface area contributed by atoms with Crippen LogP contribution in [0.5, 0.6) is 0 Å². The Bertz CT molecular complexity index is 533. The number of unbranched alkanes of at least 4 members (excludes halogenated alkanes) is 2. The fourth-order valence-corrected chi connectivity index (χ4v) is 1.83. The van der Waals surface area contributed by atoms with Gasteiger partial charge in [0.15, 0.2) is 10.8 Å². The number of allylic oxidation sites excluding steroid dienone is 1.